The van der Waals surface area contributed by atoms with Crippen molar-refractivity contribution >= 4 is 46.2 Å². The summed E-state index contributed by atoms with van der Waals surface area (Å²) in [5, 5.41) is 13.1. The van der Waals surface area contributed by atoms with Crippen LogP contribution in [-0.4, -0.2) is 34.8 Å². The Labute approximate surface area is 138 Å². The molecule has 0 aliphatic heterocycles. The van der Waals surface area contributed by atoms with Gasteiger partial charge < -0.3 is 21.1 Å². The van der Waals surface area contributed by atoms with Crippen LogP contribution in [0.4, 0.5) is 23.0 Å². The van der Waals surface area contributed by atoms with Crippen molar-refractivity contribution in [1.82, 2.24) is 9.97 Å². The minimum Gasteiger partial charge on any atom is -0.395 e. The molecular weight excluding hydrogens is 325 g/mol. The molecule has 0 aliphatic carbocycles. The fourth-order valence-electron chi connectivity index (χ4n) is 1.98. The van der Waals surface area contributed by atoms with E-state index >= 15 is 0 Å². The van der Waals surface area contributed by atoms with E-state index in [1.165, 1.54) is 6.33 Å². The molecule has 0 spiro atoms. The monoisotopic (exact) mass is 341 g/mol. The van der Waals surface area contributed by atoms with Crippen LogP contribution >= 0.6 is 23.2 Å². The second-order valence-electron chi connectivity index (χ2n) is 4.52. The predicted molar refractivity (Wildman–Crippen MR) is 91.2 cm³/mol. The number of anilines is 4. The zero-order valence-electron chi connectivity index (χ0n) is 12.1. The first-order valence-electron chi connectivity index (χ1n) is 6.75. The summed E-state index contributed by atoms with van der Waals surface area (Å²) >= 11 is 11.9. The smallest absolute Gasteiger partial charge is 0.159 e. The van der Waals surface area contributed by atoms with Crippen molar-refractivity contribution in [2.75, 3.05) is 35.6 Å². The van der Waals surface area contributed by atoms with Gasteiger partial charge in [0, 0.05) is 18.8 Å². The largest absolute Gasteiger partial charge is 0.395 e. The van der Waals surface area contributed by atoms with E-state index in [1.54, 1.807) is 18.2 Å². The standard InChI is InChI=1S/C14H17Cl2N5O/c1-2-21(5-6-22)14-12(17)13(18-8-19-14)20-9-3-4-10(15)11(16)7-9/h3-4,7-8,22H,2,5-6,17H2,1H3,(H,18,19,20). The van der Waals surface area contributed by atoms with Crippen molar-refractivity contribution in [2.45, 2.75) is 6.92 Å². The molecule has 0 fully saturated rings. The topological polar surface area (TPSA) is 87.3 Å². The molecule has 0 atom stereocenters. The second kappa shape index (κ2) is 7.49. The quantitative estimate of drug-likeness (QED) is 0.748. The molecule has 0 amide bonds. The Morgan fingerprint density at radius 3 is 2.68 bits per heavy atom. The van der Waals surface area contributed by atoms with Gasteiger partial charge >= 0.3 is 0 Å². The highest BCUT2D eigenvalue weighted by atomic mass is 35.5. The molecule has 0 saturated heterocycles. The maximum atomic E-state index is 9.11. The van der Waals surface area contributed by atoms with Crippen LogP contribution < -0.4 is 16.0 Å². The molecule has 0 unspecified atom stereocenters. The number of halogens is 2. The average Bonchev–Trinajstić information content (AvgIpc) is 2.51. The number of nitrogens with two attached hydrogens (primary N) is 1. The summed E-state index contributed by atoms with van der Waals surface area (Å²) in [6.07, 6.45) is 1.42. The number of aliphatic hydroxyl groups is 1. The van der Waals surface area contributed by atoms with E-state index in [9.17, 15) is 0 Å². The molecule has 118 valence electrons. The summed E-state index contributed by atoms with van der Waals surface area (Å²) in [5.74, 6) is 1.05. The molecule has 1 heterocycles. The number of likely N-dealkylation sites (N-methyl/N-ethyl adjacent to an activating group) is 1. The van der Waals surface area contributed by atoms with Gasteiger partial charge in [0.05, 0.1) is 16.7 Å². The summed E-state index contributed by atoms with van der Waals surface area (Å²) < 4.78 is 0. The summed E-state index contributed by atoms with van der Waals surface area (Å²) in [4.78, 5) is 10.2. The third kappa shape index (κ3) is 3.71. The van der Waals surface area contributed by atoms with Crippen LogP contribution in [0, 0.1) is 0 Å². The highest BCUT2D eigenvalue weighted by Crippen LogP contribution is 2.31. The van der Waals surface area contributed by atoms with Crippen molar-refractivity contribution in [2.24, 2.45) is 0 Å². The Morgan fingerprint density at radius 1 is 1.27 bits per heavy atom. The van der Waals surface area contributed by atoms with Crippen LogP contribution in [0.1, 0.15) is 6.92 Å². The van der Waals surface area contributed by atoms with E-state index in [0.717, 1.165) is 5.69 Å². The highest BCUT2D eigenvalue weighted by molar-refractivity contribution is 6.42. The second-order valence-corrected chi connectivity index (χ2v) is 5.33. The molecule has 0 aliphatic rings. The van der Waals surface area contributed by atoms with Crippen LogP contribution in [0.5, 0.6) is 0 Å². The van der Waals surface area contributed by atoms with Gasteiger partial charge in [-0.25, -0.2) is 9.97 Å². The van der Waals surface area contributed by atoms with Gasteiger partial charge in [-0.2, -0.15) is 0 Å². The summed E-state index contributed by atoms with van der Waals surface area (Å²) in [5.41, 5.74) is 7.26. The molecule has 2 aromatic rings. The van der Waals surface area contributed by atoms with Gasteiger partial charge in [-0.05, 0) is 25.1 Å². The Morgan fingerprint density at radius 2 is 2.05 bits per heavy atom. The zero-order valence-corrected chi connectivity index (χ0v) is 13.6. The molecule has 0 radical (unpaired) electrons. The van der Waals surface area contributed by atoms with Gasteiger partial charge in [0.1, 0.15) is 12.0 Å². The third-order valence-corrected chi connectivity index (χ3v) is 3.84. The SMILES string of the molecule is CCN(CCO)c1ncnc(Nc2ccc(Cl)c(Cl)c2)c1N. The lowest BCUT2D eigenvalue weighted by Gasteiger charge is -2.23. The van der Waals surface area contributed by atoms with Crippen molar-refractivity contribution in [3.63, 3.8) is 0 Å². The number of rotatable bonds is 6. The third-order valence-electron chi connectivity index (χ3n) is 3.10. The lowest BCUT2D eigenvalue weighted by atomic mass is 10.3. The number of aliphatic hydroxyl groups excluding tert-OH is 1. The van der Waals surface area contributed by atoms with Gasteiger partial charge in [0.2, 0.25) is 0 Å². The summed E-state index contributed by atoms with van der Waals surface area (Å²) in [6, 6.07) is 5.16. The van der Waals surface area contributed by atoms with Crippen molar-refractivity contribution in [3.8, 4) is 0 Å². The normalized spacial score (nSPS) is 10.5. The van der Waals surface area contributed by atoms with E-state index in [4.69, 9.17) is 34.0 Å². The van der Waals surface area contributed by atoms with Gasteiger partial charge in [-0.15, -0.1) is 0 Å². The molecule has 0 bridgehead atoms. The Balaban J connectivity index is 2.30. The number of aromatic nitrogens is 2. The first kappa shape index (κ1) is 16.6. The van der Waals surface area contributed by atoms with E-state index < -0.39 is 0 Å². The Hall–Kier alpha value is -1.76. The van der Waals surface area contributed by atoms with E-state index in [1.807, 2.05) is 11.8 Å². The number of nitrogen functional groups attached to an aromatic ring is 1. The van der Waals surface area contributed by atoms with Crippen LogP contribution in [0.25, 0.3) is 0 Å². The van der Waals surface area contributed by atoms with Gasteiger partial charge in [-0.1, -0.05) is 23.2 Å². The van der Waals surface area contributed by atoms with E-state index in [2.05, 4.69) is 15.3 Å². The fourth-order valence-corrected chi connectivity index (χ4v) is 2.28. The first-order chi connectivity index (χ1) is 10.6. The van der Waals surface area contributed by atoms with Gasteiger partial charge in [0.25, 0.3) is 0 Å². The Bertz CT molecular complexity index is 653. The first-order valence-corrected chi connectivity index (χ1v) is 7.50. The number of benzene rings is 1. The Kier molecular flexibility index (Phi) is 5.65. The number of nitrogens with one attached hydrogen (secondary N) is 1. The van der Waals surface area contributed by atoms with E-state index in [0.29, 0.717) is 40.5 Å². The molecule has 8 heteroatoms. The van der Waals surface area contributed by atoms with Crippen molar-refractivity contribution in [3.05, 3.63) is 34.6 Å². The van der Waals surface area contributed by atoms with Crippen LogP contribution in [0.15, 0.2) is 24.5 Å². The lowest BCUT2D eigenvalue weighted by molar-refractivity contribution is 0.302. The minimum absolute atomic E-state index is 0.0207. The summed E-state index contributed by atoms with van der Waals surface area (Å²) in [6.45, 7) is 3.11. The summed E-state index contributed by atoms with van der Waals surface area (Å²) in [7, 11) is 0. The highest BCUT2D eigenvalue weighted by Gasteiger charge is 2.14. The molecule has 0 saturated carbocycles. The number of hydrogen-bond donors (Lipinski definition) is 3. The number of hydrogen-bond acceptors (Lipinski definition) is 6. The lowest BCUT2D eigenvalue weighted by Crippen LogP contribution is -2.28. The van der Waals surface area contributed by atoms with Crippen LogP contribution in [0.3, 0.4) is 0 Å². The van der Waals surface area contributed by atoms with Gasteiger partial charge in [0.15, 0.2) is 11.6 Å². The van der Waals surface area contributed by atoms with Crippen LogP contribution in [0.2, 0.25) is 10.0 Å². The maximum absolute atomic E-state index is 9.11. The molecule has 22 heavy (non-hydrogen) atoms. The molecule has 6 nitrogen and oxygen atoms in total. The molecular formula is C14H17Cl2N5O. The molecule has 1 aromatic carbocycles. The minimum atomic E-state index is 0.0207. The maximum Gasteiger partial charge on any atom is 0.159 e. The predicted octanol–water partition coefficient (Wildman–Crippen LogP) is 2.93. The van der Waals surface area contributed by atoms with E-state index in [-0.39, 0.29) is 6.61 Å². The van der Waals surface area contributed by atoms with Crippen molar-refractivity contribution in [1.29, 1.82) is 0 Å². The fraction of sp³-hybridized carbons (Fsp3) is 0.286. The molecule has 1 aromatic heterocycles. The zero-order chi connectivity index (χ0) is 16.1. The molecule has 2 rings (SSSR count). The van der Waals surface area contributed by atoms with Gasteiger partial charge in [-0.3, -0.25) is 0 Å². The number of nitrogens with zero attached hydrogens (tertiary/aromatic N) is 3. The average molecular weight is 342 g/mol. The van der Waals surface area contributed by atoms with Crippen LogP contribution in [-0.2, 0) is 0 Å². The van der Waals surface area contributed by atoms with Crippen molar-refractivity contribution < 1.29 is 5.11 Å². The molecule has 4 N–H and O–H groups in total.